The molecule has 1 unspecified atom stereocenters. The highest BCUT2D eigenvalue weighted by atomic mass is 16.5. The van der Waals surface area contributed by atoms with Gasteiger partial charge in [0.15, 0.2) is 0 Å². The zero-order valence-corrected chi connectivity index (χ0v) is 10.8. The number of methoxy groups -OCH3 is 1. The summed E-state index contributed by atoms with van der Waals surface area (Å²) in [7, 11) is 1.32. The predicted molar refractivity (Wildman–Crippen MR) is 71.2 cm³/mol. The lowest BCUT2D eigenvalue weighted by Gasteiger charge is -2.34. The van der Waals surface area contributed by atoms with Gasteiger partial charge in [-0.15, -0.1) is 0 Å². The number of benzene rings is 1. The molecule has 0 bridgehead atoms. The topological polar surface area (TPSA) is 85.0 Å². The van der Waals surface area contributed by atoms with Crippen molar-refractivity contribution >= 4 is 17.3 Å². The van der Waals surface area contributed by atoms with E-state index in [4.69, 9.17) is 20.3 Å². The van der Waals surface area contributed by atoms with Gasteiger partial charge in [-0.25, -0.2) is 4.79 Å². The number of hydrogen-bond acceptors (Lipinski definition) is 6. The van der Waals surface area contributed by atoms with Gasteiger partial charge in [-0.05, 0) is 18.2 Å². The van der Waals surface area contributed by atoms with Crippen LogP contribution >= 0.6 is 0 Å². The summed E-state index contributed by atoms with van der Waals surface area (Å²) in [6, 6.07) is 5.24. The lowest BCUT2D eigenvalue weighted by Crippen LogP contribution is -2.44. The van der Waals surface area contributed by atoms with Crippen LogP contribution in [0.5, 0.6) is 0 Å². The standard InChI is InChI=1S/C13H18N2O4/c1-18-13(17)11-6-9(2-3-12(11)14)15-4-5-19-10(7-15)8-16/h2-3,6,10,16H,4-5,7-8,14H2,1H3. The fourth-order valence-electron chi connectivity index (χ4n) is 2.09. The molecule has 6 heteroatoms. The van der Waals surface area contributed by atoms with Crippen LogP contribution in [0.2, 0.25) is 0 Å². The number of nitrogen functional groups attached to an aromatic ring is 1. The van der Waals surface area contributed by atoms with Crippen LogP contribution in [0.25, 0.3) is 0 Å². The lowest BCUT2D eigenvalue weighted by atomic mass is 10.1. The molecule has 6 nitrogen and oxygen atoms in total. The van der Waals surface area contributed by atoms with Crippen LogP contribution in [-0.2, 0) is 9.47 Å². The molecule has 1 saturated heterocycles. The largest absolute Gasteiger partial charge is 0.465 e. The van der Waals surface area contributed by atoms with Gasteiger partial charge in [0.1, 0.15) is 0 Å². The summed E-state index contributed by atoms with van der Waals surface area (Å²) >= 11 is 0. The molecule has 0 aliphatic carbocycles. The zero-order valence-electron chi connectivity index (χ0n) is 10.8. The predicted octanol–water partition coefficient (Wildman–Crippen LogP) is 0.253. The minimum absolute atomic E-state index is 0.0185. The summed E-state index contributed by atoms with van der Waals surface area (Å²) < 4.78 is 10.1. The third-order valence-electron chi connectivity index (χ3n) is 3.15. The number of carbonyl (C=O) groups is 1. The van der Waals surface area contributed by atoms with Crippen LogP contribution in [-0.4, -0.2) is 50.6 Å². The number of rotatable bonds is 3. The molecule has 0 radical (unpaired) electrons. The lowest BCUT2D eigenvalue weighted by molar-refractivity contribution is 0.00356. The van der Waals surface area contributed by atoms with E-state index in [0.717, 1.165) is 5.69 Å². The third kappa shape index (κ3) is 2.97. The Morgan fingerprint density at radius 3 is 3.11 bits per heavy atom. The highest BCUT2D eigenvalue weighted by molar-refractivity contribution is 5.96. The summed E-state index contributed by atoms with van der Waals surface area (Å²) in [5, 5.41) is 9.13. The number of nitrogens with zero attached hydrogens (tertiary/aromatic N) is 1. The molecule has 1 atom stereocenters. The van der Waals surface area contributed by atoms with Crippen molar-refractivity contribution in [3.8, 4) is 0 Å². The second-order valence-electron chi connectivity index (χ2n) is 4.38. The van der Waals surface area contributed by atoms with Gasteiger partial charge in [-0.2, -0.15) is 0 Å². The molecule has 0 spiro atoms. The number of aliphatic hydroxyl groups excluding tert-OH is 1. The van der Waals surface area contributed by atoms with E-state index in [9.17, 15) is 4.79 Å². The van der Waals surface area contributed by atoms with Gasteiger partial charge in [0.05, 0.1) is 32.0 Å². The van der Waals surface area contributed by atoms with E-state index in [2.05, 4.69) is 4.90 Å². The van der Waals surface area contributed by atoms with Crippen LogP contribution in [0.1, 0.15) is 10.4 Å². The molecule has 0 amide bonds. The zero-order chi connectivity index (χ0) is 13.8. The van der Waals surface area contributed by atoms with Gasteiger partial charge in [0.2, 0.25) is 0 Å². The smallest absolute Gasteiger partial charge is 0.340 e. The maximum absolute atomic E-state index is 11.6. The van der Waals surface area contributed by atoms with Gasteiger partial charge in [-0.3, -0.25) is 0 Å². The maximum Gasteiger partial charge on any atom is 0.340 e. The van der Waals surface area contributed by atoms with E-state index < -0.39 is 5.97 Å². The highest BCUT2D eigenvalue weighted by Gasteiger charge is 2.21. The molecule has 1 fully saturated rings. The summed E-state index contributed by atoms with van der Waals surface area (Å²) in [6.45, 7) is 1.82. The van der Waals surface area contributed by atoms with Crippen molar-refractivity contribution in [2.24, 2.45) is 0 Å². The molecule has 1 aliphatic rings. The Labute approximate surface area is 111 Å². The second kappa shape index (κ2) is 5.90. The number of anilines is 2. The van der Waals surface area contributed by atoms with Crippen LogP contribution < -0.4 is 10.6 Å². The normalized spacial score (nSPS) is 19.3. The summed E-state index contributed by atoms with van der Waals surface area (Å²) in [4.78, 5) is 13.7. The fraction of sp³-hybridized carbons (Fsp3) is 0.462. The van der Waals surface area contributed by atoms with Gasteiger partial charge >= 0.3 is 5.97 Å². The Morgan fingerprint density at radius 2 is 2.42 bits per heavy atom. The number of esters is 1. The third-order valence-corrected chi connectivity index (χ3v) is 3.15. The van der Waals surface area contributed by atoms with Crippen molar-refractivity contribution < 1.29 is 19.4 Å². The van der Waals surface area contributed by atoms with Gasteiger partial charge in [0, 0.05) is 24.5 Å². The van der Waals surface area contributed by atoms with E-state index >= 15 is 0 Å². The fourth-order valence-corrected chi connectivity index (χ4v) is 2.09. The van der Waals surface area contributed by atoms with Crippen LogP contribution in [0.3, 0.4) is 0 Å². The molecule has 104 valence electrons. The first kappa shape index (κ1) is 13.6. The van der Waals surface area contributed by atoms with Crippen molar-refractivity contribution in [3.05, 3.63) is 23.8 Å². The van der Waals surface area contributed by atoms with Gasteiger partial charge in [-0.1, -0.05) is 0 Å². The minimum Gasteiger partial charge on any atom is -0.465 e. The number of hydrogen-bond donors (Lipinski definition) is 2. The van der Waals surface area contributed by atoms with Gasteiger partial charge in [0.25, 0.3) is 0 Å². The van der Waals surface area contributed by atoms with E-state index in [0.29, 0.717) is 30.9 Å². The SMILES string of the molecule is COC(=O)c1cc(N2CCOC(CO)C2)ccc1N. The Bertz CT molecular complexity index is 464. The molecule has 1 heterocycles. The number of ether oxygens (including phenoxy) is 2. The molecule has 0 saturated carbocycles. The van der Waals surface area contributed by atoms with Crippen molar-refractivity contribution in [2.45, 2.75) is 6.10 Å². The van der Waals surface area contributed by atoms with E-state index in [-0.39, 0.29) is 12.7 Å². The van der Waals surface area contributed by atoms with Gasteiger partial charge < -0.3 is 25.2 Å². The van der Waals surface area contributed by atoms with E-state index in [1.807, 2.05) is 6.07 Å². The van der Waals surface area contributed by atoms with Crippen LogP contribution in [0.4, 0.5) is 11.4 Å². The molecule has 3 N–H and O–H groups in total. The first-order valence-corrected chi connectivity index (χ1v) is 6.11. The number of carbonyl (C=O) groups excluding carboxylic acids is 1. The second-order valence-corrected chi connectivity index (χ2v) is 4.38. The summed E-state index contributed by atoms with van der Waals surface area (Å²) in [5.74, 6) is -0.452. The number of nitrogens with two attached hydrogens (primary N) is 1. The average molecular weight is 266 g/mol. The average Bonchev–Trinajstić information content (AvgIpc) is 2.47. The van der Waals surface area contributed by atoms with E-state index in [1.54, 1.807) is 12.1 Å². The number of aliphatic hydroxyl groups is 1. The first-order valence-electron chi connectivity index (χ1n) is 6.11. The number of morpholine rings is 1. The highest BCUT2D eigenvalue weighted by Crippen LogP contribution is 2.23. The molecule has 1 aromatic carbocycles. The van der Waals surface area contributed by atoms with Crippen molar-refractivity contribution in [2.75, 3.05) is 44.0 Å². The molecular formula is C13H18N2O4. The van der Waals surface area contributed by atoms with Crippen molar-refractivity contribution in [3.63, 3.8) is 0 Å². The van der Waals surface area contributed by atoms with Crippen molar-refractivity contribution in [1.82, 2.24) is 0 Å². The minimum atomic E-state index is -0.452. The Hall–Kier alpha value is -1.79. The summed E-state index contributed by atoms with van der Waals surface area (Å²) in [5.41, 5.74) is 7.38. The quantitative estimate of drug-likeness (QED) is 0.602. The Balaban J connectivity index is 2.22. The molecular weight excluding hydrogens is 248 g/mol. The Kier molecular flexibility index (Phi) is 4.24. The van der Waals surface area contributed by atoms with Crippen LogP contribution in [0, 0.1) is 0 Å². The molecule has 1 aromatic rings. The maximum atomic E-state index is 11.6. The van der Waals surface area contributed by atoms with E-state index in [1.165, 1.54) is 7.11 Å². The van der Waals surface area contributed by atoms with Crippen LogP contribution in [0.15, 0.2) is 18.2 Å². The molecule has 19 heavy (non-hydrogen) atoms. The molecule has 2 rings (SSSR count). The first-order chi connectivity index (χ1) is 9.15. The Morgan fingerprint density at radius 1 is 1.63 bits per heavy atom. The monoisotopic (exact) mass is 266 g/mol. The molecule has 1 aliphatic heterocycles. The summed E-state index contributed by atoms with van der Waals surface area (Å²) in [6.07, 6.45) is -0.201. The van der Waals surface area contributed by atoms with Crippen molar-refractivity contribution in [1.29, 1.82) is 0 Å². The molecule has 0 aromatic heterocycles.